The number of nitrogens with zero attached hydrogens (tertiary/aromatic N) is 2. The molecule has 2 N–H and O–H groups in total. The third kappa shape index (κ3) is 3.10. The van der Waals surface area contributed by atoms with Crippen LogP contribution in [-0.2, 0) is 22.8 Å². The van der Waals surface area contributed by atoms with Gasteiger partial charge in [0.05, 0.1) is 27.0 Å². The predicted molar refractivity (Wildman–Crippen MR) is 124 cm³/mol. The van der Waals surface area contributed by atoms with Crippen LogP contribution in [0.4, 0.5) is 19.0 Å². The van der Waals surface area contributed by atoms with Crippen LogP contribution in [0.15, 0.2) is 42.6 Å². The normalized spacial score (nSPS) is 21.9. The van der Waals surface area contributed by atoms with Crippen molar-refractivity contribution in [2.45, 2.75) is 37.0 Å². The highest BCUT2D eigenvalue weighted by Gasteiger charge is 2.66. The first kappa shape index (κ1) is 21.5. The summed E-state index contributed by atoms with van der Waals surface area (Å²) >= 11 is 5.90. The SMILES string of the molecule is O=C1CCc2c(Oc3ccc4c(c3)C3(c5nc6cc(Cl)c(C(F)(F)F)cc6[nH]5)CC3O4)ccnc2N1. The number of ether oxygens (including phenoxy) is 2. The molecule has 182 valence electrons. The van der Waals surface area contributed by atoms with Crippen molar-refractivity contribution >= 4 is 34.4 Å². The van der Waals surface area contributed by atoms with Crippen LogP contribution in [0.2, 0.25) is 5.02 Å². The number of imidazole rings is 1. The Kier molecular flexibility index (Phi) is 4.26. The standard InChI is InChI=1S/C25H16ClF3N4O3/c26-15-9-17-16(8-13(15)25(27,28)29)31-23(32-17)24-10-20(24)36-19-3-1-11(7-14(19)24)35-18-5-6-30-22-12(18)2-4-21(34)33-22/h1,3,5-9,20H,2,4,10H2,(H,31,32)(H,30,33,34). The van der Waals surface area contributed by atoms with Gasteiger partial charge < -0.3 is 19.8 Å². The molecular weight excluding hydrogens is 497 g/mol. The smallest absolute Gasteiger partial charge is 0.417 e. The van der Waals surface area contributed by atoms with Crippen molar-refractivity contribution < 1.29 is 27.4 Å². The first-order valence-corrected chi connectivity index (χ1v) is 11.6. The van der Waals surface area contributed by atoms with Crippen molar-refractivity contribution in [3.8, 4) is 17.2 Å². The Bertz CT molecular complexity index is 1600. The molecule has 1 amide bonds. The molecule has 1 saturated carbocycles. The van der Waals surface area contributed by atoms with E-state index < -0.39 is 22.2 Å². The van der Waals surface area contributed by atoms with Gasteiger partial charge in [-0.2, -0.15) is 13.2 Å². The van der Waals surface area contributed by atoms with E-state index in [2.05, 4.69) is 20.3 Å². The second-order valence-corrected chi connectivity index (χ2v) is 9.57. The van der Waals surface area contributed by atoms with Gasteiger partial charge in [0.15, 0.2) is 0 Å². The van der Waals surface area contributed by atoms with Crippen LogP contribution in [-0.4, -0.2) is 27.0 Å². The molecule has 2 aromatic heterocycles. The fourth-order valence-corrected chi connectivity index (χ4v) is 5.42. The second-order valence-electron chi connectivity index (χ2n) is 9.16. The number of benzene rings is 2. The third-order valence-corrected chi connectivity index (χ3v) is 7.31. The average Bonchev–Trinajstić information content (AvgIpc) is 3.24. The molecule has 2 aliphatic heterocycles. The molecule has 1 aliphatic carbocycles. The van der Waals surface area contributed by atoms with Crippen molar-refractivity contribution in [1.29, 1.82) is 0 Å². The lowest BCUT2D eigenvalue weighted by molar-refractivity contribution is -0.137. The summed E-state index contributed by atoms with van der Waals surface area (Å²) in [6, 6.07) is 9.45. The number of pyridine rings is 1. The summed E-state index contributed by atoms with van der Waals surface area (Å²) < 4.78 is 52.3. The van der Waals surface area contributed by atoms with Crippen LogP contribution in [0, 0.1) is 0 Å². The second kappa shape index (κ2) is 7.13. The monoisotopic (exact) mass is 512 g/mol. The topological polar surface area (TPSA) is 89.1 Å². The largest absolute Gasteiger partial charge is 0.489 e. The fourth-order valence-electron chi connectivity index (χ4n) is 5.15. The lowest BCUT2D eigenvalue weighted by atomic mass is 9.95. The molecule has 0 saturated heterocycles. The molecule has 7 rings (SSSR count). The highest BCUT2D eigenvalue weighted by Crippen LogP contribution is 2.62. The lowest BCUT2D eigenvalue weighted by Gasteiger charge is -2.19. The van der Waals surface area contributed by atoms with E-state index in [-0.39, 0.29) is 17.5 Å². The van der Waals surface area contributed by atoms with Crippen LogP contribution in [0.1, 0.15) is 35.4 Å². The van der Waals surface area contributed by atoms with E-state index in [1.807, 2.05) is 12.1 Å². The van der Waals surface area contributed by atoms with Gasteiger partial charge >= 0.3 is 6.18 Å². The molecule has 36 heavy (non-hydrogen) atoms. The highest BCUT2D eigenvalue weighted by atomic mass is 35.5. The van der Waals surface area contributed by atoms with E-state index in [0.29, 0.717) is 53.7 Å². The molecule has 11 heteroatoms. The number of rotatable bonds is 3. The van der Waals surface area contributed by atoms with Crippen LogP contribution in [0.25, 0.3) is 11.0 Å². The van der Waals surface area contributed by atoms with E-state index in [9.17, 15) is 18.0 Å². The molecular formula is C25H16ClF3N4O3. The average molecular weight is 513 g/mol. The van der Waals surface area contributed by atoms with Crippen molar-refractivity contribution in [2.24, 2.45) is 0 Å². The fraction of sp³-hybridized carbons (Fsp3) is 0.240. The van der Waals surface area contributed by atoms with E-state index in [0.717, 1.165) is 17.2 Å². The van der Waals surface area contributed by atoms with Crippen molar-refractivity contribution in [3.05, 3.63) is 70.1 Å². The summed E-state index contributed by atoms with van der Waals surface area (Å²) in [7, 11) is 0. The highest BCUT2D eigenvalue weighted by molar-refractivity contribution is 6.32. The van der Waals surface area contributed by atoms with Gasteiger partial charge in [0.2, 0.25) is 5.91 Å². The number of alkyl halides is 3. The van der Waals surface area contributed by atoms with Gasteiger partial charge in [0, 0.05) is 30.2 Å². The molecule has 2 aromatic carbocycles. The van der Waals surface area contributed by atoms with Gasteiger partial charge in [0.1, 0.15) is 35.0 Å². The molecule has 2 atom stereocenters. The lowest BCUT2D eigenvalue weighted by Crippen LogP contribution is -2.20. The molecule has 1 fully saturated rings. The summed E-state index contributed by atoms with van der Waals surface area (Å²) in [5.74, 6) is 2.77. The van der Waals surface area contributed by atoms with Crippen LogP contribution in [0.5, 0.6) is 17.2 Å². The van der Waals surface area contributed by atoms with Crippen molar-refractivity contribution in [1.82, 2.24) is 15.0 Å². The summed E-state index contributed by atoms with van der Waals surface area (Å²) in [6.07, 6.45) is -1.66. The van der Waals surface area contributed by atoms with Crippen molar-refractivity contribution in [2.75, 3.05) is 5.32 Å². The van der Waals surface area contributed by atoms with Gasteiger partial charge in [-0.3, -0.25) is 4.79 Å². The minimum Gasteiger partial charge on any atom is -0.489 e. The number of fused-ring (bicyclic) bond motifs is 5. The molecule has 4 aromatic rings. The zero-order valence-corrected chi connectivity index (χ0v) is 19.1. The predicted octanol–water partition coefficient (Wildman–Crippen LogP) is 5.76. The maximum atomic E-state index is 13.3. The Balaban J connectivity index is 1.26. The number of hydrogen-bond acceptors (Lipinski definition) is 5. The Labute approximate surface area is 206 Å². The molecule has 4 heterocycles. The Hall–Kier alpha value is -3.79. The number of H-pyrrole nitrogens is 1. The van der Waals surface area contributed by atoms with Crippen LogP contribution < -0.4 is 14.8 Å². The number of carbonyl (C=O) groups is 1. The minimum atomic E-state index is -4.57. The minimum absolute atomic E-state index is 0.0852. The van der Waals surface area contributed by atoms with Gasteiger partial charge in [-0.1, -0.05) is 11.6 Å². The Morgan fingerprint density at radius 1 is 1.17 bits per heavy atom. The zero-order chi connectivity index (χ0) is 24.8. The molecule has 0 spiro atoms. The van der Waals surface area contributed by atoms with Gasteiger partial charge in [-0.25, -0.2) is 9.97 Å². The van der Waals surface area contributed by atoms with E-state index >= 15 is 0 Å². The molecule has 0 radical (unpaired) electrons. The first-order chi connectivity index (χ1) is 17.2. The Morgan fingerprint density at radius 2 is 2.03 bits per heavy atom. The molecule has 7 nitrogen and oxygen atoms in total. The number of aromatic nitrogens is 3. The molecule has 2 unspecified atom stereocenters. The van der Waals surface area contributed by atoms with E-state index in [1.54, 1.807) is 18.3 Å². The number of aromatic amines is 1. The number of halogens is 4. The Morgan fingerprint density at radius 3 is 2.86 bits per heavy atom. The zero-order valence-electron chi connectivity index (χ0n) is 18.4. The molecule has 3 aliphatic rings. The summed E-state index contributed by atoms with van der Waals surface area (Å²) in [5.41, 5.74) is 0.768. The van der Waals surface area contributed by atoms with Gasteiger partial charge in [0.25, 0.3) is 0 Å². The maximum Gasteiger partial charge on any atom is 0.417 e. The molecule has 0 bridgehead atoms. The first-order valence-electron chi connectivity index (χ1n) is 11.3. The maximum absolute atomic E-state index is 13.3. The van der Waals surface area contributed by atoms with E-state index in [4.69, 9.17) is 21.1 Å². The van der Waals surface area contributed by atoms with Gasteiger partial charge in [-0.05, 0) is 42.8 Å². The number of amides is 1. The van der Waals surface area contributed by atoms with Crippen LogP contribution >= 0.6 is 11.6 Å². The van der Waals surface area contributed by atoms with Crippen molar-refractivity contribution in [3.63, 3.8) is 0 Å². The number of hydrogen-bond donors (Lipinski definition) is 2. The number of carbonyl (C=O) groups excluding carboxylic acids is 1. The van der Waals surface area contributed by atoms with Crippen LogP contribution in [0.3, 0.4) is 0 Å². The quantitative estimate of drug-likeness (QED) is 0.364. The summed E-state index contributed by atoms with van der Waals surface area (Å²) in [4.78, 5) is 23.6. The number of anilines is 1. The summed E-state index contributed by atoms with van der Waals surface area (Å²) in [5, 5.41) is 2.36. The summed E-state index contributed by atoms with van der Waals surface area (Å²) in [6.45, 7) is 0. The van der Waals surface area contributed by atoms with Gasteiger partial charge in [-0.15, -0.1) is 0 Å². The third-order valence-electron chi connectivity index (χ3n) is 7.00. The van der Waals surface area contributed by atoms with E-state index in [1.165, 1.54) is 6.07 Å². The number of nitrogens with one attached hydrogen (secondary N) is 2.